The maximum absolute atomic E-state index is 12.5. The summed E-state index contributed by atoms with van der Waals surface area (Å²) >= 11 is 0. The van der Waals surface area contributed by atoms with E-state index in [1.165, 1.54) is 19.5 Å². The Bertz CT molecular complexity index is 654. The van der Waals surface area contributed by atoms with Crippen LogP contribution >= 0.6 is 0 Å². The smallest absolute Gasteiger partial charge is 0.216 e. The van der Waals surface area contributed by atoms with Crippen LogP contribution in [0.5, 0.6) is 11.6 Å². The van der Waals surface area contributed by atoms with Crippen LogP contribution in [0, 0.1) is 13.8 Å². The standard InChI is InChI=1S/C15H16N2O3/c1-9-6-13(19-3)10(2)5-11(9)15(18)12-7-14(20-4)17-8-16-12/h5-8H,1-4H3. The van der Waals surface area contributed by atoms with Crippen LogP contribution in [0.25, 0.3) is 0 Å². The second-order valence-corrected chi connectivity index (χ2v) is 4.41. The lowest BCUT2D eigenvalue weighted by Crippen LogP contribution is -2.08. The molecule has 0 unspecified atom stereocenters. The SMILES string of the molecule is COc1cc(C(=O)c2cc(C)c(OC)cc2C)ncn1. The summed E-state index contributed by atoms with van der Waals surface area (Å²) in [4.78, 5) is 20.4. The molecule has 0 saturated carbocycles. The number of ether oxygens (including phenoxy) is 2. The molecule has 104 valence electrons. The van der Waals surface area contributed by atoms with Crippen molar-refractivity contribution in [3.05, 3.63) is 46.9 Å². The van der Waals surface area contributed by atoms with Crippen LogP contribution in [0.15, 0.2) is 24.5 Å². The van der Waals surface area contributed by atoms with Crippen molar-refractivity contribution >= 4 is 5.78 Å². The number of rotatable bonds is 4. The van der Waals surface area contributed by atoms with Crippen molar-refractivity contribution in [1.82, 2.24) is 9.97 Å². The van der Waals surface area contributed by atoms with Crippen molar-refractivity contribution < 1.29 is 14.3 Å². The molecule has 0 bridgehead atoms. The Morgan fingerprint density at radius 2 is 1.75 bits per heavy atom. The molecule has 0 radical (unpaired) electrons. The molecule has 5 nitrogen and oxygen atoms in total. The molecule has 1 aromatic heterocycles. The van der Waals surface area contributed by atoms with Gasteiger partial charge in [-0.05, 0) is 37.1 Å². The molecule has 1 heterocycles. The van der Waals surface area contributed by atoms with Crippen molar-refractivity contribution in [2.45, 2.75) is 13.8 Å². The molecule has 0 aliphatic heterocycles. The topological polar surface area (TPSA) is 61.3 Å². The monoisotopic (exact) mass is 272 g/mol. The Hall–Kier alpha value is -2.43. The van der Waals surface area contributed by atoms with Crippen molar-refractivity contribution in [2.75, 3.05) is 14.2 Å². The maximum Gasteiger partial charge on any atom is 0.216 e. The zero-order valence-corrected chi connectivity index (χ0v) is 11.9. The van der Waals surface area contributed by atoms with Gasteiger partial charge in [0.1, 0.15) is 17.8 Å². The minimum absolute atomic E-state index is 0.158. The van der Waals surface area contributed by atoms with E-state index in [1.54, 1.807) is 7.11 Å². The quantitative estimate of drug-likeness (QED) is 0.799. The first-order valence-electron chi connectivity index (χ1n) is 6.12. The van der Waals surface area contributed by atoms with Gasteiger partial charge in [0.2, 0.25) is 11.7 Å². The molecule has 0 saturated heterocycles. The minimum atomic E-state index is -0.158. The molecule has 0 amide bonds. The molecular weight excluding hydrogens is 256 g/mol. The van der Waals surface area contributed by atoms with Crippen LogP contribution in [0.2, 0.25) is 0 Å². The zero-order chi connectivity index (χ0) is 14.7. The summed E-state index contributed by atoms with van der Waals surface area (Å²) in [6.45, 7) is 3.77. The van der Waals surface area contributed by atoms with E-state index in [2.05, 4.69) is 9.97 Å². The third-order valence-electron chi connectivity index (χ3n) is 3.07. The molecule has 2 rings (SSSR count). The molecule has 0 spiro atoms. The van der Waals surface area contributed by atoms with Gasteiger partial charge in [-0.1, -0.05) is 0 Å². The second-order valence-electron chi connectivity index (χ2n) is 4.41. The van der Waals surface area contributed by atoms with Crippen LogP contribution < -0.4 is 9.47 Å². The van der Waals surface area contributed by atoms with Gasteiger partial charge in [0.15, 0.2) is 0 Å². The predicted octanol–water partition coefficient (Wildman–Crippen LogP) is 2.34. The first-order valence-corrected chi connectivity index (χ1v) is 6.12. The van der Waals surface area contributed by atoms with Crippen LogP contribution in [0.4, 0.5) is 0 Å². The number of hydrogen-bond acceptors (Lipinski definition) is 5. The summed E-state index contributed by atoms with van der Waals surface area (Å²) < 4.78 is 10.3. The van der Waals surface area contributed by atoms with Crippen molar-refractivity contribution in [2.24, 2.45) is 0 Å². The third-order valence-corrected chi connectivity index (χ3v) is 3.07. The highest BCUT2D eigenvalue weighted by molar-refractivity contribution is 6.09. The number of ketones is 1. The average molecular weight is 272 g/mol. The van der Waals surface area contributed by atoms with Gasteiger partial charge in [-0.15, -0.1) is 0 Å². The van der Waals surface area contributed by atoms with Gasteiger partial charge in [0, 0.05) is 11.6 Å². The van der Waals surface area contributed by atoms with Crippen LogP contribution in [0.1, 0.15) is 27.2 Å². The summed E-state index contributed by atoms with van der Waals surface area (Å²) in [7, 11) is 3.11. The summed E-state index contributed by atoms with van der Waals surface area (Å²) in [6.07, 6.45) is 1.32. The Morgan fingerprint density at radius 3 is 2.40 bits per heavy atom. The van der Waals surface area contributed by atoms with E-state index < -0.39 is 0 Å². The van der Waals surface area contributed by atoms with Gasteiger partial charge in [-0.25, -0.2) is 9.97 Å². The summed E-state index contributed by atoms with van der Waals surface area (Å²) in [5.74, 6) is 0.972. The van der Waals surface area contributed by atoms with E-state index in [-0.39, 0.29) is 5.78 Å². The highest BCUT2D eigenvalue weighted by atomic mass is 16.5. The fourth-order valence-corrected chi connectivity index (χ4v) is 1.97. The Kier molecular flexibility index (Phi) is 3.98. The fraction of sp³-hybridized carbons (Fsp3) is 0.267. The fourth-order valence-electron chi connectivity index (χ4n) is 1.97. The average Bonchev–Trinajstić information content (AvgIpc) is 2.48. The molecule has 0 aliphatic rings. The van der Waals surface area contributed by atoms with Gasteiger partial charge in [-0.3, -0.25) is 4.79 Å². The van der Waals surface area contributed by atoms with E-state index in [4.69, 9.17) is 9.47 Å². The summed E-state index contributed by atoms with van der Waals surface area (Å²) in [5.41, 5.74) is 2.66. The van der Waals surface area contributed by atoms with Crippen LogP contribution in [0.3, 0.4) is 0 Å². The van der Waals surface area contributed by atoms with Crippen LogP contribution in [-0.2, 0) is 0 Å². The molecule has 0 N–H and O–H groups in total. The summed E-state index contributed by atoms with van der Waals surface area (Å²) in [6, 6.07) is 5.19. The summed E-state index contributed by atoms with van der Waals surface area (Å²) in [5, 5.41) is 0. The van der Waals surface area contributed by atoms with Gasteiger partial charge >= 0.3 is 0 Å². The van der Waals surface area contributed by atoms with E-state index in [0.717, 1.165) is 16.9 Å². The lowest BCUT2D eigenvalue weighted by Gasteiger charge is -2.10. The third kappa shape index (κ3) is 2.61. The number of aryl methyl sites for hydroxylation is 2. The Balaban J connectivity index is 2.45. The zero-order valence-electron chi connectivity index (χ0n) is 11.9. The molecule has 0 atom stereocenters. The van der Waals surface area contributed by atoms with E-state index in [0.29, 0.717) is 17.1 Å². The molecular formula is C15H16N2O3. The molecule has 2 aromatic rings. The van der Waals surface area contributed by atoms with Gasteiger partial charge in [0.05, 0.1) is 14.2 Å². The molecule has 5 heteroatoms. The van der Waals surface area contributed by atoms with Crippen molar-refractivity contribution in [1.29, 1.82) is 0 Å². The number of aromatic nitrogens is 2. The highest BCUT2D eigenvalue weighted by Gasteiger charge is 2.16. The van der Waals surface area contributed by atoms with Gasteiger partial charge in [-0.2, -0.15) is 0 Å². The number of benzene rings is 1. The molecule has 20 heavy (non-hydrogen) atoms. The Morgan fingerprint density at radius 1 is 1.00 bits per heavy atom. The Labute approximate surface area is 117 Å². The lowest BCUT2D eigenvalue weighted by molar-refractivity contribution is 0.103. The first-order chi connectivity index (χ1) is 9.56. The maximum atomic E-state index is 12.5. The normalized spacial score (nSPS) is 10.2. The second kappa shape index (κ2) is 5.69. The minimum Gasteiger partial charge on any atom is -0.496 e. The van der Waals surface area contributed by atoms with E-state index >= 15 is 0 Å². The van der Waals surface area contributed by atoms with Crippen LogP contribution in [-0.4, -0.2) is 30.0 Å². The number of carbonyl (C=O) groups excluding carboxylic acids is 1. The lowest BCUT2D eigenvalue weighted by atomic mass is 9.99. The largest absolute Gasteiger partial charge is 0.496 e. The highest BCUT2D eigenvalue weighted by Crippen LogP contribution is 2.24. The number of hydrogen-bond donors (Lipinski definition) is 0. The molecule has 1 aromatic carbocycles. The molecule has 0 aliphatic carbocycles. The van der Waals surface area contributed by atoms with E-state index in [1.807, 2.05) is 26.0 Å². The first kappa shape index (κ1) is 14.0. The van der Waals surface area contributed by atoms with Gasteiger partial charge in [0.25, 0.3) is 0 Å². The van der Waals surface area contributed by atoms with Crippen molar-refractivity contribution in [3.63, 3.8) is 0 Å². The predicted molar refractivity (Wildman–Crippen MR) is 74.5 cm³/mol. The number of nitrogens with zero attached hydrogens (tertiary/aromatic N) is 2. The number of carbonyl (C=O) groups is 1. The van der Waals surface area contributed by atoms with Crippen molar-refractivity contribution in [3.8, 4) is 11.6 Å². The number of methoxy groups -OCH3 is 2. The van der Waals surface area contributed by atoms with Gasteiger partial charge < -0.3 is 9.47 Å². The van der Waals surface area contributed by atoms with E-state index in [9.17, 15) is 4.79 Å². The molecule has 0 fully saturated rings.